The van der Waals surface area contributed by atoms with Gasteiger partial charge in [-0.25, -0.2) is 9.97 Å². The lowest BCUT2D eigenvalue weighted by molar-refractivity contribution is 0.382. The zero-order valence-electron chi connectivity index (χ0n) is 14.9. The zero-order valence-corrected chi connectivity index (χ0v) is 15.7. The molecule has 1 aliphatic rings. The molecule has 0 radical (unpaired) electrons. The lowest BCUT2D eigenvalue weighted by Crippen LogP contribution is -2.36. The number of hydrogen-bond acceptors (Lipinski definition) is 7. The monoisotopic (exact) mass is 357 g/mol. The number of nitrogens with zero attached hydrogens (tertiary/aromatic N) is 7. The Morgan fingerprint density at radius 1 is 1.28 bits per heavy atom. The van der Waals surface area contributed by atoms with Crippen molar-refractivity contribution in [1.82, 2.24) is 29.6 Å². The van der Waals surface area contributed by atoms with Gasteiger partial charge in [-0.05, 0) is 38.4 Å². The van der Waals surface area contributed by atoms with E-state index in [4.69, 9.17) is 0 Å². The molecule has 4 heterocycles. The van der Waals surface area contributed by atoms with Gasteiger partial charge >= 0.3 is 0 Å². The Morgan fingerprint density at radius 2 is 2.16 bits per heavy atom. The van der Waals surface area contributed by atoms with E-state index in [1.165, 1.54) is 4.70 Å². The summed E-state index contributed by atoms with van der Waals surface area (Å²) in [6, 6.07) is 2.06. The van der Waals surface area contributed by atoms with Gasteiger partial charge in [-0.1, -0.05) is 0 Å². The first-order chi connectivity index (χ1) is 12.1. The van der Waals surface area contributed by atoms with Crippen LogP contribution in [0.3, 0.4) is 0 Å². The number of rotatable bonds is 4. The van der Waals surface area contributed by atoms with Gasteiger partial charge in [0.15, 0.2) is 0 Å². The van der Waals surface area contributed by atoms with E-state index in [0.717, 1.165) is 55.5 Å². The normalized spacial score (nSPS) is 18.4. The average molecular weight is 357 g/mol. The number of fused-ring (bicyclic) bond motifs is 1. The highest BCUT2D eigenvalue weighted by atomic mass is 32.1. The molecule has 0 N–H and O–H groups in total. The number of aromatic nitrogens is 5. The highest BCUT2D eigenvalue weighted by molar-refractivity contribution is 7.17. The Bertz CT molecular complexity index is 869. The van der Waals surface area contributed by atoms with Gasteiger partial charge < -0.3 is 14.4 Å². The van der Waals surface area contributed by atoms with Gasteiger partial charge in [0.1, 0.15) is 23.8 Å². The van der Waals surface area contributed by atoms with Crippen molar-refractivity contribution >= 4 is 27.4 Å². The first-order valence-electron chi connectivity index (χ1n) is 8.59. The second-order valence-corrected chi connectivity index (χ2v) is 7.80. The number of anilines is 1. The van der Waals surface area contributed by atoms with E-state index in [2.05, 4.69) is 67.1 Å². The fourth-order valence-corrected chi connectivity index (χ4v) is 4.39. The van der Waals surface area contributed by atoms with Crippen molar-refractivity contribution in [2.45, 2.75) is 25.3 Å². The summed E-state index contributed by atoms with van der Waals surface area (Å²) < 4.78 is 3.34. The van der Waals surface area contributed by atoms with E-state index in [9.17, 15) is 0 Å². The molecule has 132 valence electrons. The second-order valence-electron chi connectivity index (χ2n) is 6.89. The van der Waals surface area contributed by atoms with Crippen LogP contribution < -0.4 is 4.90 Å². The number of thiophene rings is 1. The van der Waals surface area contributed by atoms with Crippen LogP contribution in [0.4, 0.5) is 5.82 Å². The molecule has 0 aliphatic carbocycles. The quantitative estimate of drug-likeness (QED) is 0.714. The van der Waals surface area contributed by atoms with E-state index >= 15 is 0 Å². The maximum Gasteiger partial charge on any atom is 0.150 e. The van der Waals surface area contributed by atoms with Gasteiger partial charge in [-0.15, -0.1) is 21.5 Å². The SMILES string of the molecule is CN(C)Cc1nnc(C2CCCN(c3ncnc4ccsc34)C2)n1C. The minimum Gasteiger partial charge on any atom is -0.355 e. The van der Waals surface area contributed by atoms with Crippen molar-refractivity contribution in [2.75, 3.05) is 32.1 Å². The van der Waals surface area contributed by atoms with Gasteiger partial charge in [0.25, 0.3) is 0 Å². The standard InChI is InChI=1S/C17H23N7S/c1-22(2)10-14-20-21-16(23(14)3)12-5-4-7-24(9-12)17-15-13(6-8-25-15)18-11-19-17/h6,8,11-12H,4-5,7,9-10H2,1-3H3. The van der Waals surface area contributed by atoms with Gasteiger partial charge in [0.2, 0.25) is 0 Å². The molecule has 4 rings (SSSR count). The Morgan fingerprint density at radius 3 is 3.00 bits per heavy atom. The highest BCUT2D eigenvalue weighted by Gasteiger charge is 2.27. The van der Waals surface area contributed by atoms with Crippen LogP contribution in [-0.4, -0.2) is 56.8 Å². The molecule has 1 atom stereocenters. The van der Waals surface area contributed by atoms with E-state index in [1.807, 2.05) is 0 Å². The molecule has 1 saturated heterocycles. The predicted molar refractivity (Wildman–Crippen MR) is 100.0 cm³/mol. The summed E-state index contributed by atoms with van der Waals surface area (Å²) in [7, 11) is 6.19. The lowest BCUT2D eigenvalue weighted by Gasteiger charge is -2.33. The van der Waals surface area contributed by atoms with Crippen LogP contribution in [0.15, 0.2) is 17.8 Å². The fourth-order valence-electron chi connectivity index (χ4n) is 3.53. The van der Waals surface area contributed by atoms with Crippen LogP contribution in [0.1, 0.15) is 30.4 Å². The molecule has 3 aromatic heterocycles. The van der Waals surface area contributed by atoms with E-state index < -0.39 is 0 Å². The third-order valence-electron chi connectivity index (χ3n) is 4.77. The van der Waals surface area contributed by atoms with Crippen molar-refractivity contribution in [1.29, 1.82) is 0 Å². The summed E-state index contributed by atoms with van der Waals surface area (Å²) in [6.07, 6.45) is 3.95. The average Bonchev–Trinajstić information content (AvgIpc) is 3.22. The van der Waals surface area contributed by atoms with Crippen molar-refractivity contribution in [3.63, 3.8) is 0 Å². The van der Waals surface area contributed by atoms with Crippen LogP contribution in [0.25, 0.3) is 10.2 Å². The molecule has 0 aromatic carbocycles. The Hall–Kier alpha value is -2.06. The predicted octanol–water partition coefficient (Wildman–Crippen LogP) is 2.27. The van der Waals surface area contributed by atoms with Crippen molar-refractivity contribution in [2.24, 2.45) is 7.05 Å². The van der Waals surface area contributed by atoms with Gasteiger partial charge in [-0.2, -0.15) is 0 Å². The number of hydrogen-bond donors (Lipinski definition) is 0. The maximum absolute atomic E-state index is 4.57. The summed E-state index contributed by atoms with van der Waals surface area (Å²) in [6.45, 7) is 2.77. The molecular formula is C17H23N7S. The molecule has 1 fully saturated rings. The largest absolute Gasteiger partial charge is 0.355 e. The minimum absolute atomic E-state index is 0.382. The van der Waals surface area contributed by atoms with E-state index in [-0.39, 0.29) is 0 Å². The topological polar surface area (TPSA) is 63.0 Å². The van der Waals surface area contributed by atoms with Crippen molar-refractivity contribution in [3.8, 4) is 0 Å². The molecule has 0 spiro atoms. The fraction of sp³-hybridized carbons (Fsp3) is 0.529. The Labute approximate surface area is 151 Å². The summed E-state index contributed by atoms with van der Waals surface area (Å²) in [5, 5.41) is 11.0. The van der Waals surface area contributed by atoms with Crippen LogP contribution in [0.5, 0.6) is 0 Å². The molecule has 0 bridgehead atoms. The van der Waals surface area contributed by atoms with Gasteiger partial charge in [0.05, 0.1) is 16.8 Å². The van der Waals surface area contributed by atoms with Crippen molar-refractivity contribution in [3.05, 3.63) is 29.4 Å². The molecular weight excluding hydrogens is 334 g/mol. The highest BCUT2D eigenvalue weighted by Crippen LogP contribution is 2.33. The molecule has 1 unspecified atom stereocenters. The summed E-state index contributed by atoms with van der Waals surface area (Å²) in [5.41, 5.74) is 1.03. The van der Waals surface area contributed by atoms with Crippen LogP contribution in [0.2, 0.25) is 0 Å². The molecule has 1 aliphatic heterocycles. The molecule has 0 amide bonds. The third-order valence-corrected chi connectivity index (χ3v) is 5.67. The van der Waals surface area contributed by atoms with E-state index in [0.29, 0.717) is 5.92 Å². The smallest absolute Gasteiger partial charge is 0.150 e. The lowest BCUT2D eigenvalue weighted by atomic mass is 9.97. The third kappa shape index (κ3) is 3.11. The van der Waals surface area contributed by atoms with Crippen LogP contribution in [-0.2, 0) is 13.6 Å². The van der Waals surface area contributed by atoms with Gasteiger partial charge in [0, 0.05) is 26.1 Å². The maximum atomic E-state index is 4.57. The Kier molecular flexibility index (Phi) is 4.39. The molecule has 8 heteroatoms. The first-order valence-corrected chi connectivity index (χ1v) is 9.47. The van der Waals surface area contributed by atoms with Gasteiger partial charge in [-0.3, -0.25) is 0 Å². The Balaban J connectivity index is 1.59. The molecule has 0 saturated carbocycles. The zero-order chi connectivity index (χ0) is 17.4. The summed E-state index contributed by atoms with van der Waals surface area (Å²) in [5.74, 6) is 3.53. The molecule has 25 heavy (non-hydrogen) atoms. The summed E-state index contributed by atoms with van der Waals surface area (Å²) >= 11 is 1.71. The molecule has 7 nitrogen and oxygen atoms in total. The van der Waals surface area contributed by atoms with Crippen LogP contribution >= 0.6 is 11.3 Å². The molecule has 3 aromatic rings. The first kappa shape index (κ1) is 16.4. The van der Waals surface area contributed by atoms with Crippen LogP contribution in [0, 0.1) is 0 Å². The minimum atomic E-state index is 0.382. The number of piperidine rings is 1. The van der Waals surface area contributed by atoms with E-state index in [1.54, 1.807) is 17.7 Å². The van der Waals surface area contributed by atoms with Crippen molar-refractivity contribution < 1.29 is 0 Å². The second kappa shape index (κ2) is 6.68. The summed E-state index contributed by atoms with van der Waals surface area (Å²) in [4.78, 5) is 13.4.